The summed E-state index contributed by atoms with van der Waals surface area (Å²) >= 11 is 0. The van der Waals surface area contributed by atoms with Crippen LogP contribution in [0.5, 0.6) is 5.75 Å². The summed E-state index contributed by atoms with van der Waals surface area (Å²) in [4.78, 5) is 4.05. The molecule has 64 valence electrons. The van der Waals surface area contributed by atoms with Crippen molar-refractivity contribution in [3.63, 3.8) is 0 Å². The van der Waals surface area contributed by atoms with Gasteiger partial charge in [0.05, 0.1) is 12.0 Å². The Morgan fingerprint density at radius 2 is 2.50 bits per heavy atom. The van der Waals surface area contributed by atoms with Crippen molar-refractivity contribution in [2.24, 2.45) is 0 Å². The molecule has 1 aromatic rings. The van der Waals surface area contributed by atoms with E-state index in [1.807, 2.05) is 12.1 Å². The van der Waals surface area contributed by atoms with Crippen LogP contribution in [0.25, 0.3) is 0 Å². The van der Waals surface area contributed by atoms with E-state index in [-0.39, 0.29) is 0 Å². The molecule has 0 N–H and O–H groups in total. The molecule has 0 aliphatic carbocycles. The zero-order chi connectivity index (χ0) is 8.97. The molecule has 0 fully saturated rings. The first-order valence-electron chi connectivity index (χ1n) is 4.03. The second kappa shape index (κ2) is 4.47. The van der Waals surface area contributed by atoms with Crippen molar-refractivity contribution >= 4 is 22.5 Å². The topological polar surface area (TPSA) is 22.1 Å². The third kappa shape index (κ3) is 3.23. The Labute approximate surface area is 76.3 Å². The van der Waals surface area contributed by atoms with Gasteiger partial charge in [-0.05, 0) is 11.9 Å². The van der Waals surface area contributed by atoms with Gasteiger partial charge < -0.3 is 4.74 Å². The summed E-state index contributed by atoms with van der Waals surface area (Å²) in [5.41, 5.74) is 0.913. The molecule has 0 radical (unpaired) electrons. The fourth-order valence-electron chi connectivity index (χ4n) is 0.781. The maximum absolute atomic E-state index is 5.49. The second-order valence-corrected chi connectivity index (χ2v) is 3.71. The number of aromatic nitrogens is 1. The van der Waals surface area contributed by atoms with Crippen LogP contribution in [0, 0.1) is 0 Å². The highest BCUT2D eigenvalue weighted by atomic mass is 31.0. The van der Waals surface area contributed by atoms with Crippen molar-refractivity contribution in [1.29, 1.82) is 0 Å². The molecule has 0 aromatic carbocycles. The van der Waals surface area contributed by atoms with Gasteiger partial charge in [-0.25, -0.2) is 0 Å². The monoisotopic (exact) mass is 181 g/mol. The molecule has 0 amide bonds. The Morgan fingerprint density at radius 3 is 3.08 bits per heavy atom. The van der Waals surface area contributed by atoms with Crippen LogP contribution >= 0.6 is 9.24 Å². The molecule has 0 saturated heterocycles. The van der Waals surface area contributed by atoms with Crippen molar-refractivity contribution in [3.05, 3.63) is 18.3 Å². The summed E-state index contributed by atoms with van der Waals surface area (Å²) in [5, 5.41) is 0. The van der Waals surface area contributed by atoms with Crippen molar-refractivity contribution < 1.29 is 4.74 Å². The highest BCUT2D eigenvalue weighted by molar-refractivity contribution is 7.26. The summed E-state index contributed by atoms with van der Waals surface area (Å²) < 4.78 is 5.49. The Bertz CT molecular complexity index is 255. The molecule has 0 bridgehead atoms. The molecule has 2 atom stereocenters. The van der Waals surface area contributed by atoms with E-state index in [4.69, 9.17) is 4.74 Å². The molecular weight excluding hydrogens is 168 g/mol. The zero-order valence-electron chi connectivity index (χ0n) is 7.45. The molecule has 0 spiro atoms. The maximum atomic E-state index is 5.49. The third-order valence-electron chi connectivity index (χ3n) is 1.34. The Morgan fingerprint density at radius 1 is 1.75 bits per heavy atom. The van der Waals surface area contributed by atoms with Crippen molar-refractivity contribution in [2.45, 2.75) is 12.7 Å². The van der Waals surface area contributed by atoms with E-state index < -0.39 is 0 Å². The van der Waals surface area contributed by atoms with Crippen molar-refractivity contribution in [1.82, 2.24) is 4.98 Å². The fourth-order valence-corrected chi connectivity index (χ4v) is 1.03. The van der Waals surface area contributed by atoms with Gasteiger partial charge in [-0.15, -0.1) is 0 Å². The van der Waals surface area contributed by atoms with Crippen LogP contribution in [0.1, 0.15) is 6.92 Å². The van der Waals surface area contributed by atoms with Crippen LogP contribution in [-0.2, 0) is 0 Å². The van der Waals surface area contributed by atoms with E-state index in [9.17, 15) is 0 Å². The van der Waals surface area contributed by atoms with E-state index >= 15 is 0 Å². The predicted octanol–water partition coefficient (Wildman–Crippen LogP) is 0.402. The highest BCUT2D eigenvalue weighted by Gasteiger charge is 1.96. The standard InChI is InChI=1S/C8H13BNOP/c1-6(9)5-11-7-2-3-10-8(12)4-7/h2-4,6H,5,9,12H2,1H3. The molecule has 4 heteroatoms. The molecule has 0 aliphatic rings. The largest absolute Gasteiger partial charge is 0.494 e. The van der Waals surface area contributed by atoms with Crippen LogP contribution in [0.3, 0.4) is 0 Å². The predicted molar refractivity (Wildman–Crippen MR) is 57.0 cm³/mol. The molecule has 2 nitrogen and oxygen atoms in total. The summed E-state index contributed by atoms with van der Waals surface area (Å²) in [6.45, 7) is 2.89. The number of rotatable bonds is 3. The normalized spacial score (nSPS) is 12.5. The van der Waals surface area contributed by atoms with E-state index in [0.717, 1.165) is 17.8 Å². The number of pyridine rings is 1. The van der Waals surface area contributed by atoms with E-state index in [0.29, 0.717) is 5.82 Å². The molecule has 1 rings (SSSR count). The van der Waals surface area contributed by atoms with Crippen LogP contribution in [0.2, 0.25) is 5.82 Å². The molecule has 12 heavy (non-hydrogen) atoms. The first-order chi connectivity index (χ1) is 5.68. The number of ether oxygens (including phenoxy) is 1. The minimum atomic E-state index is 0.561. The fraction of sp³-hybridized carbons (Fsp3) is 0.375. The molecule has 0 saturated carbocycles. The Balaban J connectivity index is 2.52. The van der Waals surface area contributed by atoms with Crippen molar-refractivity contribution in [3.8, 4) is 5.75 Å². The van der Waals surface area contributed by atoms with Crippen LogP contribution in [0.15, 0.2) is 18.3 Å². The SMILES string of the molecule is BC(C)COc1ccnc(P)c1. The zero-order valence-corrected chi connectivity index (χ0v) is 8.60. The minimum absolute atomic E-state index is 0.561. The summed E-state index contributed by atoms with van der Waals surface area (Å²) in [6, 6.07) is 3.78. The first kappa shape index (κ1) is 9.53. The molecule has 0 aliphatic heterocycles. The summed E-state index contributed by atoms with van der Waals surface area (Å²) in [6.07, 6.45) is 1.75. The lowest BCUT2D eigenvalue weighted by Crippen LogP contribution is -2.05. The van der Waals surface area contributed by atoms with Gasteiger partial charge in [0.1, 0.15) is 13.6 Å². The lowest BCUT2D eigenvalue weighted by Gasteiger charge is -2.08. The van der Waals surface area contributed by atoms with Gasteiger partial charge in [-0.1, -0.05) is 16.2 Å². The van der Waals surface area contributed by atoms with Gasteiger partial charge in [-0.3, -0.25) is 4.98 Å². The molecule has 1 aromatic heterocycles. The van der Waals surface area contributed by atoms with E-state index in [1.54, 1.807) is 6.20 Å². The number of nitrogens with zero attached hydrogens (tertiary/aromatic N) is 1. The minimum Gasteiger partial charge on any atom is -0.494 e. The van der Waals surface area contributed by atoms with Crippen LogP contribution in [0.4, 0.5) is 0 Å². The van der Waals surface area contributed by atoms with E-state index in [2.05, 4.69) is 29.0 Å². The van der Waals surface area contributed by atoms with Crippen LogP contribution in [-0.4, -0.2) is 19.4 Å². The second-order valence-electron chi connectivity index (χ2n) is 3.12. The van der Waals surface area contributed by atoms with Gasteiger partial charge >= 0.3 is 0 Å². The number of hydrogen-bond acceptors (Lipinski definition) is 2. The summed E-state index contributed by atoms with van der Waals surface area (Å²) in [5.74, 6) is 1.45. The van der Waals surface area contributed by atoms with Crippen LogP contribution < -0.4 is 10.2 Å². The van der Waals surface area contributed by atoms with Gasteiger partial charge in [0.15, 0.2) is 0 Å². The van der Waals surface area contributed by atoms with Crippen molar-refractivity contribution in [2.75, 3.05) is 6.61 Å². The van der Waals surface area contributed by atoms with Gasteiger partial charge in [0.2, 0.25) is 0 Å². The average Bonchev–Trinajstić information content (AvgIpc) is 2.01. The van der Waals surface area contributed by atoms with Gasteiger partial charge in [0.25, 0.3) is 0 Å². The number of hydrogen-bond donors (Lipinski definition) is 0. The van der Waals surface area contributed by atoms with E-state index in [1.165, 1.54) is 0 Å². The third-order valence-corrected chi connectivity index (χ3v) is 1.65. The maximum Gasteiger partial charge on any atom is 0.122 e. The summed E-state index contributed by atoms with van der Waals surface area (Å²) in [7, 11) is 4.67. The first-order valence-corrected chi connectivity index (χ1v) is 4.60. The Hall–Kier alpha value is -0.555. The lowest BCUT2D eigenvalue weighted by molar-refractivity contribution is 0.318. The average molecular weight is 181 g/mol. The quantitative estimate of drug-likeness (QED) is 0.497. The van der Waals surface area contributed by atoms with Gasteiger partial charge in [0, 0.05) is 12.3 Å². The molecule has 2 unspecified atom stereocenters. The molecule has 1 heterocycles. The highest BCUT2D eigenvalue weighted by Crippen LogP contribution is 2.09. The molecular formula is C8H13BNOP. The lowest BCUT2D eigenvalue weighted by atomic mass is 9.91. The van der Waals surface area contributed by atoms with Gasteiger partial charge in [-0.2, -0.15) is 0 Å². The Kier molecular flexibility index (Phi) is 3.55. The smallest absolute Gasteiger partial charge is 0.122 e.